The summed E-state index contributed by atoms with van der Waals surface area (Å²) in [7, 11) is 0. The summed E-state index contributed by atoms with van der Waals surface area (Å²) in [4.78, 5) is 0. The molecule has 0 amide bonds. The van der Waals surface area contributed by atoms with Crippen LogP contribution in [-0.4, -0.2) is 5.11 Å². The molecule has 1 aliphatic rings. The van der Waals surface area contributed by atoms with Crippen LogP contribution in [0.3, 0.4) is 0 Å². The second-order valence-electron chi connectivity index (χ2n) is 7.71. The van der Waals surface area contributed by atoms with E-state index in [9.17, 15) is 5.11 Å². The van der Waals surface area contributed by atoms with Gasteiger partial charge in [0.25, 0.3) is 0 Å². The van der Waals surface area contributed by atoms with Crippen LogP contribution in [0.5, 0.6) is 0 Å². The standard InChI is InChI=1S/C25H27NO/c1-18-23(20-12-6-3-7-13-20)26-24(21-14-8-4-9-15-21)19(2)25(18,27)22-16-10-5-11-17-22/h3-19,23-24,26-27H,1-2H3/t18-,19-,23-,24+,25?/m0/s1. The van der Waals surface area contributed by atoms with Crippen LogP contribution in [0, 0.1) is 11.8 Å². The molecular weight excluding hydrogens is 330 g/mol. The van der Waals surface area contributed by atoms with Gasteiger partial charge in [-0.15, -0.1) is 0 Å². The van der Waals surface area contributed by atoms with Crippen LogP contribution in [0.4, 0.5) is 0 Å². The Labute approximate surface area is 161 Å². The molecule has 27 heavy (non-hydrogen) atoms. The number of piperidine rings is 1. The Kier molecular flexibility index (Phi) is 4.86. The highest BCUT2D eigenvalue weighted by molar-refractivity contribution is 5.33. The fraction of sp³-hybridized carbons (Fsp3) is 0.280. The van der Waals surface area contributed by atoms with Crippen molar-refractivity contribution in [2.24, 2.45) is 11.8 Å². The van der Waals surface area contributed by atoms with Crippen LogP contribution < -0.4 is 5.32 Å². The third-order valence-corrected chi connectivity index (χ3v) is 6.30. The summed E-state index contributed by atoms with van der Waals surface area (Å²) < 4.78 is 0. The second kappa shape index (κ2) is 7.30. The summed E-state index contributed by atoms with van der Waals surface area (Å²) in [6.07, 6.45) is 0. The zero-order valence-electron chi connectivity index (χ0n) is 15.9. The van der Waals surface area contributed by atoms with E-state index in [0.717, 1.165) is 5.56 Å². The van der Waals surface area contributed by atoms with Gasteiger partial charge in [-0.05, 0) is 16.7 Å². The minimum absolute atomic E-state index is 0.0252. The fourth-order valence-electron chi connectivity index (χ4n) is 4.73. The molecule has 2 heteroatoms. The van der Waals surface area contributed by atoms with Gasteiger partial charge in [0.2, 0.25) is 0 Å². The van der Waals surface area contributed by atoms with E-state index in [1.54, 1.807) is 0 Å². The van der Waals surface area contributed by atoms with Crippen LogP contribution in [-0.2, 0) is 5.60 Å². The molecule has 2 N–H and O–H groups in total. The van der Waals surface area contributed by atoms with Gasteiger partial charge in [-0.2, -0.15) is 0 Å². The van der Waals surface area contributed by atoms with Crippen molar-refractivity contribution in [3.8, 4) is 0 Å². The van der Waals surface area contributed by atoms with Crippen LogP contribution in [0.2, 0.25) is 0 Å². The normalized spacial score (nSPS) is 30.8. The number of hydrogen-bond acceptors (Lipinski definition) is 2. The predicted octanol–water partition coefficient (Wildman–Crippen LogP) is 5.23. The van der Waals surface area contributed by atoms with E-state index in [1.807, 2.05) is 30.3 Å². The molecule has 0 aliphatic carbocycles. The lowest BCUT2D eigenvalue weighted by atomic mass is 9.63. The van der Waals surface area contributed by atoms with Gasteiger partial charge >= 0.3 is 0 Å². The molecule has 0 saturated carbocycles. The molecule has 0 spiro atoms. The van der Waals surface area contributed by atoms with Gasteiger partial charge in [-0.1, -0.05) is 105 Å². The molecule has 4 rings (SSSR count). The van der Waals surface area contributed by atoms with E-state index in [2.05, 4.69) is 79.8 Å². The molecule has 2 nitrogen and oxygen atoms in total. The Morgan fingerprint density at radius 3 is 1.41 bits per heavy atom. The minimum atomic E-state index is -0.923. The highest BCUT2D eigenvalue weighted by Crippen LogP contribution is 2.51. The average molecular weight is 357 g/mol. The largest absolute Gasteiger partial charge is 0.384 e. The molecule has 1 aliphatic heterocycles. The zero-order valence-corrected chi connectivity index (χ0v) is 15.9. The van der Waals surface area contributed by atoms with Gasteiger partial charge in [-0.3, -0.25) is 0 Å². The molecule has 1 fully saturated rings. The van der Waals surface area contributed by atoms with Crippen molar-refractivity contribution in [1.29, 1.82) is 0 Å². The molecule has 1 heterocycles. The van der Waals surface area contributed by atoms with E-state index < -0.39 is 5.60 Å². The van der Waals surface area contributed by atoms with Crippen molar-refractivity contribution in [2.75, 3.05) is 0 Å². The highest BCUT2D eigenvalue weighted by Gasteiger charge is 2.52. The first-order chi connectivity index (χ1) is 13.1. The molecule has 0 aromatic heterocycles. The number of aliphatic hydroxyl groups is 1. The van der Waals surface area contributed by atoms with Crippen LogP contribution >= 0.6 is 0 Å². The Morgan fingerprint density at radius 2 is 1.00 bits per heavy atom. The van der Waals surface area contributed by atoms with Crippen molar-refractivity contribution >= 4 is 0 Å². The summed E-state index contributed by atoms with van der Waals surface area (Å²) in [5.74, 6) is 0.0505. The minimum Gasteiger partial charge on any atom is -0.384 e. The van der Waals surface area contributed by atoms with Crippen molar-refractivity contribution in [3.05, 3.63) is 108 Å². The molecule has 0 bridgehead atoms. The SMILES string of the molecule is C[C@H]1[C@@H](c2ccccc2)N[C@@H](c2ccccc2)[C@H](C)C1(O)c1ccccc1. The van der Waals surface area contributed by atoms with Gasteiger partial charge in [0.05, 0.1) is 5.60 Å². The molecule has 3 aromatic rings. The summed E-state index contributed by atoms with van der Waals surface area (Å²) in [5, 5.41) is 16.0. The molecule has 138 valence electrons. The monoisotopic (exact) mass is 357 g/mol. The number of benzene rings is 3. The topological polar surface area (TPSA) is 32.3 Å². The number of hydrogen-bond donors (Lipinski definition) is 2. The van der Waals surface area contributed by atoms with Crippen LogP contribution in [0.15, 0.2) is 91.0 Å². The van der Waals surface area contributed by atoms with Crippen LogP contribution in [0.1, 0.15) is 42.6 Å². The Bertz CT molecular complexity index is 811. The Balaban J connectivity index is 1.84. The van der Waals surface area contributed by atoms with Gasteiger partial charge in [0, 0.05) is 23.9 Å². The van der Waals surface area contributed by atoms with E-state index in [0.29, 0.717) is 0 Å². The van der Waals surface area contributed by atoms with Gasteiger partial charge in [0.1, 0.15) is 0 Å². The second-order valence-corrected chi connectivity index (χ2v) is 7.71. The number of nitrogens with one attached hydrogen (secondary N) is 1. The first-order valence-corrected chi connectivity index (χ1v) is 9.76. The lowest BCUT2D eigenvalue weighted by molar-refractivity contribution is -0.118. The lowest BCUT2D eigenvalue weighted by Gasteiger charge is -2.52. The third kappa shape index (κ3) is 3.09. The van der Waals surface area contributed by atoms with E-state index in [4.69, 9.17) is 0 Å². The molecule has 1 unspecified atom stereocenters. The Morgan fingerprint density at radius 1 is 0.630 bits per heavy atom. The summed E-state index contributed by atoms with van der Waals surface area (Å²) in [6.45, 7) is 4.32. The van der Waals surface area contributed by atoms with Crippen molar-refractivity contribution in [2.45, 2.75) is 31.5 Å². The van der Waals surface area contributed by atoms with Crippen molar-refractivity contribution in [3.63, 3.8) is 0 Å². The smallest absolute Gasteiger partial charge is 0.0983 e. The van der Waals surface area contributed by atoms with Crippen LogP contribution in [0.25, 0.3) is 0 Å². The highest BCUT2D eigenvalue weighted by atomic mass is 16.3. The maximum atomic E-state index is 12.1. The summed E-state index contributed by atoms with van der Waals surface area (Å²) in [5.41, 5.74) is 2.50. The molecule has 1 saturated heterocycles. The molecule has 3 aromatic carbocycles. The third-order valence-electron chi connectivity index (χ3n) is 6.30. The predicted molar refractivity (Wildman–Crippen MR) is 110 cm³/mol. The molecule has 5 atom stereocenters. The lowest BCUT2D eigenvalue weighted by Crippen LogP contribution is -2.55. The molecule has 0 radical (unpaired) electrons. The first-order valence-electron chi connectivity index (χ1n) is 9.76. The van der Waals surface area contributed by atoms with E-state index in [-0.39, 0.29) is 23.9 Å². The van der Waals surface area contributed by atoms with Crippen molar-refractivity contribution in [1.82, 2.24) is 5.32 Å². The quantitative estimate of drug-likeness (QED) is 0.672. The fourth-order valence-corrected chi connectivity index (χ4v) is 4.73. The van der Waals surface area contributed by atoms with Gasteiger partial charge in [-0.25, -0.2) is 0 Å². The summed E-state index contributed by atoms with van der Waals surface area (Å²) >= 11 is 0. The van der Waals surface area contributed by atoms with Crippen molar-refractivity contribution < 1.29 is 5.11 Å². The molecular formula is C25H27NO. The summed E-state index contributed by atoms with van der Waals surface area (Å²) in [6, 6.07) is 31.3. The Hall–Kier alpha value is -2.42. The zero-order chi connectivity index (χ0) is 18.9. The first kappa shape index (κ1) is 18.0. The number of rotatable bonds is 3. The van der Waals surface area contributed by atoms with Gasteiger partial charge in [0.15, 0.2) is 0 Å². The maximum absolute atomic E-state index is 12.1. The van der Waals surface area contributed by atoms with E-state index in [1.165, 1.54) is 11.1 Å². The average Bonchev–Trinajstić information content (AvgIpc) is 2.74. The maximum Gasteiger partial charge on any atom is 0.0983 e. The van der Waals surface area contributed by atoms with Gasteiger partial charge < -0.3 is 10.4 Å². The van der Waals surface area contributed by atoms with E-state index >= 15 is 0 Å².